The maximum absolute atomic E-state index is 12.2. The van der Waals surface area contributed by atoms with Gasteiger partial charge in [-0.15, -0.1) is 0 Å². The third-order valence-corrected chi connectivity index (χ3v) is 3.82. The third kappa shape index (κ3) is 3.82. The molecule has 22 heavy (non-hydrogen) atoms. The first-order valence-electron chi connectivity index (χ1n) is 7.47. The molecule has 6 heteroatoms. The van der Waals surface area contributed by atoms with Crippen molar-refractivity contribution in [3.05, 3.63) is 17.7 Å². The van der Waals surface area contributed by atoms with Crippen molar-refractivity contribution in [2.45, 2.75) is 12.8 Å². The molecule has 1 N–H and O–H groups in total. The molecule has 122 valence electrons. The van der Waals surface area contributed by atoms with Gasteiger partial charge in [-0.05, 0) is 24.1 Å². The van der Waals surface area contributed by atoms with Crippen LogP contribution in [0.4, 0.5) is 0 Å². The Bertz CT molecular complexity index is 488. The minimum Gasteiger partial charge on any atom is -0.493 e. The van der Waals surface area contributed by atoms with Crippen LogP contribution in [0, 0.1) is 0 Å². The van der Waals surface area contributed by atoms with Crippen LogP contribution in [0.5, 0.6) is 17.2 Å². The molecule has 1 aromatic rings. The number of benzene rings is 1. The highest BCUT2D eigenvalue weighted by atomic mass is 16.5. The largest absolute Gasteiger partial charge is 0.493 e. The molecule has 0 aliphatic carbocycles. The maximum atomic E-state index is 12.2. The van der Waals surface area contributed by atoms with Gasteiger partial charge in [0.05, 0.1) is 21.3 Å². The zero-order valence-electron chi connectivity index (χ0n) is 13.5. The van der Waals surface area contributed by atoms with E-state index in [9.17, 15) is 4.79 Å². The van der Waals surface area contributed by atoms with E-state index in [0.717, 1.165) is 31.7 Å². The molecule has 6 nitrogen and oxygen atoms in total. The molecule has 1 amide bonds. The van der Waals surface area contributed by atoms with Gasteiger partial charge >= 0.3 is 0 Å². The minimum atomic E-state index is 0.190. The number of amides is 1. The number of carbonyl (C=O) groups excluding carboxylic acids is 1. The molecular formula is C16H24N2O4. The summed E-state index contributed by atoms with van der Waals surface area (Å²) < 4.78 is 16.0. The lowest BCUT2D eigenvalue weighted by atomic mass is 10.1. The number of carbonyl (C=O) groups is 1. The zero-order valence-corrected chi connectivity index (χ0v) is 13.5. The molecule has 2 rings (SSSR count). The summed E-state index contributed by atoms with van der Waals surface area (Å²) in [6.07, 6.45) is 1.14. The molecule has 0 bridgehead atoms. The average Bonchev–Trinajstić information content (AvgIpc) is 2.59. The summed E-state index contributed by atoms with van der Waals surface area (Å²) >= 11 is 0. The monoisotopic (exact) mass is 308 g/mol. The lowest BCUT2D eigenvalue weighted by molar-refractivity contribution is -0.131. The number of hydrogen-bond acceptors (Lipinski definition) is 5. The number of piperazine rings is 1. The Morgan fingerprint density at radius 1 is 1.09 bits per heavy atom. The van der Waals surface area contributed by atoms with E-state index < -0.39 is 0 Å². The molecule has 0 spiro atoms. The molecule has 1 aromatic carbocycles. The molecule has 1 heterocycles. The highest BCUT2D eigenvalue weighted by molar-refractivity contribution is 5.76. The van der Waals surface area contributed by atoms with E-state index in [1.165, 1.54) is 0 Å². The predicted molar refractivity (Wildman–Crippen MR) is 83.9 cm³/mol. The van der Waals surface area contributed by atoms with Gasteiger partial charge in [-0.2, -0.15) is 0 Å². The van der Waals surface area contributed by atoms with Gasteiger partial charge in [-0.25, -0.2) is 0 Å². The summed E-state index contributed by atoms with van der Waals surface area (Å²) in [6, 6.07) is 3.79. The highest BCUT2D eigenvalue weighted by Crippen LogP contribution is 2.38. The van der Waals surface area contributed by atoms with Gasteiger partial charge < -0.3 is 24.4 Å². The Morgan fingerprint density at radius 2 is 1.68 bits per heavy atom. The van der Waals surface area contributed by atoms with Gasteiger partial charge in [0.2, 0.25) is 11.7 Å². The average molecular weight is 308 g/mol. The number of ether oxygens (including phenoxy) is 3. The lowest BCUT2D eigenvalue weighted by Crippen LogP contribution is -2.46. The van der Waals surface area contributed by atoms with Crippen molar-refractivity contribution in [1.29, 1.82) is 0 Å². The first-order chi connectivity index (χ1) is 10.7. The van der Waals surface area contributed by atoms with Gasteiger partial charge in [0.1, 0.15) is 0 Å². The van der Waals surface area contributed by atoms with Gasteiger partial charge in [-0.1, -0.05) is 0 Å². The Balaban J connectivity index is 2.04. The van der Waals surface area contributed by atoms with Crippen LogP contribution in [-0.2, 0) is 11.2 Å². The molecule has 0 atom stereocenters. The molecule has 0 radical (unpaired) electrons. The number of aryl methyl sites for hydroxylation is 1. The van der Waals surface area contributed by atoms with Crippen molar-refractivity contribution in [1.82, 2.24) is 10.2 Å². The predicted octanol–water partition coefficient (Wildman–Crippen LogP) is 1.08. The first-order valence-corrected chi connectivity index (χ1v) is 7.47. The van der Waals surface area contributed by atoms with Crippen molar-refractivity contribution >= 4 is 5.91 Å². The number of nitrogens with one attached hydrogen (secondary N) is 1. The summed E-state index contributed by atoms with van der Waals surface area (Å²) in [4.78, 5) is 14.1. The van der Waals surface area contributed by atoms with Gasteiger partial charge in [-0.3, -0.25) is 4.79 Å². The van der Waals surface area contributed by atoms with Gasteiger partial charge in [0, 0.05) is 32.6 Å². The quantitative estimate of drug-likeness (QED) is 0.852. The fourth-order valence-corrected chi connectivity index (χ4v) is 2.60. The molecule has 1 fully saturated rings. The number of methoxy groups -OCH3 is 3. The second-order valence-electron chi connectivity index (χ2n) is 5.16. The molecule has 0 saturated carbocycles. The maximum Gasteiger partial charge on any atom is 0.222 e. The van der Waals surface area contributed by atoms with E-state index in [1.807, 2.05) is 17.0 Å². The highest BCUT2D eigenvalue weighted by Gasteiger charge is 2.17. The van der Waals surface area contributed by atoms with Crippen molar-refractivity contribution in [2.24, 2.45) is 0 Å². The summed E-state index contributed by atoms with van der Waals surface area (Å²) in [5, 5.41) is 3.25. The normalized spacial score (nSPS) is 14.6. The number of nitrogens with zero attached hydrogens (tertiary/aromatic N) is 1. The van der Waals surface area contributed by atoms with Crippen LogP contribution in [0.1, 0.15) is 12.0 Å². The summed E-state index contributed by atoms with van der Waals surface area (Å²) in [6.45, 7) is 3.31. The van der Waals surface area contributed by atoms with Crippen molar-refractivity contribution in [2.75, 3.05) is 47.5 Å². The smallest absolute Gasteiger partial charge is 0.222 e. The second kappa shape index (κ2) is 7.89. The van der Waals surface area contributed by atoms with Crippen LogP contribution >= 0.6 is 0 Å². The molecule has 0 unspecified atom stereocenters. The van der Waals surface area contributed by atoms with E-state index in [-0.39, 0.29) is 5.91 Å². The van der Waals surface area contributed by atoms with Crippen molar-refractivity contribution in [3.63, 3.8) is 0 Å². The van der Waals surface area contributed by atoms with Crippen LogP contribution in [0.2, 0.25) is 0 Å². The Morgan fingerprint density at radius 3 is 2.18 bits per heavy atom. The van der Waals surface area contributed by atoms with Crippen LogP contribution in [0.15, 0.2) is 12.1 Å². The fraction of sp³-hybridized carbons (Fsp3) is 0.562. The molecule has 1 aliphatic rings. The third-order valence-electron chi connectivity index (χ3n) is 3.82. The van der Waals surface area contributed by atoms with Crippen molar-refractivity contribution in [3.8, 4) is 17.2 Å². The second-order valence-corrected chi connectivity index (χ2v) is 5.16. The topological polar surface area (TPSA) is 60.0 Å². The Hall–Kier alpha value is -1.95. The van der Waals surface area contributed by atoms with Crippen LogP contribution in [0.25, 0.3) is 0 Å². The van der Waals surface area contributed by atoms with Gasteiger partial charge in [0.15, 0.2) is 11.5 Å². The van der Waals surface area contributed by atoms with E-state index in [4.69, 9.17) is 14.2 Å². The summed E-state index contributed by atoms with van der Waals surface area (Å²) in [5.74, 6) is 2.00. The van der Waals surface area contributed by atoms with E-state index in [2.05, 4.69) is 5.32 Å². The van der Waals surface area contributed by atoms with Gasteiger partial charge in [0.25, 0.3) is 0 Å². The molecule has 0 aromatic heterocycles. The number of rotatable bonds is 6. The molecule has 1 saturated heterocycles. The van der Waals surface area contributed by atoms with Crippen LogP contribution in [0.3, 0.4) is 0 Å². The van der Waals surface area contributed by atoms with E-state index >= 15 is 0 Å². The number of hydrogen-bond donors (Lipinski definition) is 1. The summed E-state index contributed by atoms with van der Waals surface area (Å²) in [5.41, 5.74) is 0.998. The Labute approximate surface area is 131 Å². The van der Waals surface area contributed by atoms with E-state index in [1.54, 1.807) is 21.3 Å². The molecular weight excluding hydrogens is 284 g/mol. The van der Waals surface area contributed by atoms with Crippen molar-refractivity contribution < 1.29 is 19.0 Å². The fourth-order valence-electron chi connectivity index (χ4n) is 2.60. The zero-order chi connectivity index (χ0) is 15.9. The first kappa shape index (κ1) is 16.4. The van der Waals surface area contributed by atoms with E-state index in [0.29, 0.717) is 30.1 Å². The SMILES string of the molecule is COc1cc(CCC(=O)N2CCNCC2)cc(OC)c1OC. The molecule has 1 aliphatic heterocycles. The minimum absolute atomic E-state index is 0.190. The summed E-state index contributed by atoms with van der Waals surface area (Å²) in [7, 11) is 4.76. The standard InChI is InChI=1S/C16H24N2O4/c1-20-13-10-12(11-14(21-2)16(13)22-3)4-5-15(19)18-8-6-17-7-9-18/h10-11,17H,4-9H2,1-3H3. The van der Waals surface area contributed by atoms with Crippen LogP contribution in [-0.4, -0.2) is 58.3 Å². The lowest BCUT2D eigenvalue weighted by Gasteiger charge is -2.27. The Kier molecular flexibility index (Phi) is 5.89. The van der Waals surface area contributed by atoms with Crippen LogP contribution < -0.4 is 19.5 Å².